The number of hydrogen-bond acceptors (Lipinski definition) is 4. The Morgan fingerprint density at radius 2 is 2.10 bits per heavy atom. The average molecular weight is 308 g/mol. The molecule has 1 unspecified atom stereocenters. The molecule has 1 aromatic heterocycles. The fourth-order valence-electron chi connectivity index (χ4n) is 2.16. The van der Waals surface area contributed by atoms with Gasteiger partial charge in [-0.3, -0.25) is 5.10 Å². The van der Waals surface area contributed by atoms with Gasteiger partial charge in [-0.2, -0.15) is 5.10 Å². The van der Waals surface area contributed by atoms with E-state index in [1.54, 1.807) is 32.3 Å². The standard InChI is InChI=1S/C14H20N4O2S/c1-9-4-12(6-15)5-14(10(9)2)21(19,20)18-11(3)13-7-16-17-8-13/h4-5,7-8,11,18H,6,15H2,1-3H3,(H,16,17). The molecule has 0 fully saturated rings. The van der Waals surface area contributed by atoms with Gasteiger partial charge in [-0.15, -0.1) is 0 Å². The maximum absolute atomic E-state index is 12.6. The number of sulfonamides is 1. The van der Waals surface area contributed by atoms with E-state index in [4.69, 9.17) is 5.73 Å². The Kier molecular flexibility index (Phi) is 4.46. The van der Waals surface area contributed by atoms with Crippen molar-refractivity contribution in [3.8, 4) is 0 Å². The lowest BCUT2D eigenvalue weighted by atomic mass is 10.1. The monoisotopic (exact) mass is 308 g/mol. The van der Waals surface area contributed by atoms with Crippen LogP contribution in [-0.4, -0.2) is 18.6 Å². The molecule has 2 aromatic rings. The van der Waals surface area contributed by atoms with Crippen LogP contribution in [0, 0.1) is 13.8 Å². The van der Waals surface area contributed by atoms with E-state index in [0.29, 0.717) is 6.54 Å². The molecule has 114 valence electrons. The zero-order chi connectivity index (χ0) is 15.6. The first-order valence-corrected chi connectivity index (χ1v) is 8.14. The predicted octanol–water partition coefficient (Wildman–Crippen LogP) is 1.52. The largest absolute Gasteiger partial charge is 0.326 e. The van der Waals surface area contributed by atoms with Gasteiger partial charge in [-0.05, 0) is 43.5 Å². The van der Waals surface area contributed by atoms with Crippen LogP contribution in [0.15, 0.2) is 29.4 Å². The van der Waals surface area contributed by atoms with Crippen LogP contribution in [0.3, 0.4) is 0 Å². The van der Waals surface area contributed by atoms with Gasteiger partial charge >= 0.3 is 0 Å². The van der Waals surface area contributed by atoms with Gasteiger partial charge in [-0.25, -0.2) is 13.1 Å². The lowest BCUT2D eigenvalue weighted by Crippen LogP contribution is -2.27. The first-order valence-electron chi connectivity index (χ1n) is 6.66. The molecule has 1 aromatic carbocycles. The summed E-state index contributed by atoms with van der Waals surface area (Å²) in [7, 11) is -3.62. The second kappa shape index (κ2) is 5.97. The first-order chi connectivity index (χ1) is 9.85. The highest BCUT2D eigenvalue weighted by Crippen LogP contribution is 2.23. The van der Waals surface area contributed by atoms with Gasteiger partial charge in [0.25, 0.3) is 0 Å². The van der Waals surface area contributed by atoms with Gasteiger partial charge in [0.05, 0.1) is 11.1 Å². The van der Waals surface area contributed by atoms with Crippen LogP contribution in [0.4, 0.5) is 0 Å². The third-order valence-electron chi connectivity index (χ3n) is 3.56. The van der Waals surface area contributed by atoms with E-state index in [-0.39, 0.29) is 10.9 Å². The fraction of sp³-hybridized carbons (Fsp3) is 0.357. The normalized spacial score (nSPS) is 13.3. The molecule has 2 rings (SSSR count). The molecule has 0 saturated carbocycles. The fourth-order valence-corrected chi connectivity index (χ4v) is 3.76. The Morgan fingerprint density at radius 1 is 1.38 bits per heavy atom. The minimum atomic E-state index is -3.62. The van der Waals surface area contributed by atoms with Crippen molar-refractivity contribution in [3.63, 3.8) is 0 Å². The number of hydrogen-bond donors (Lipinski definition) is 3. The highest BCUT2D eigenvalue weighted by Gasteiger charge is 2.22. The summed E-state index contributed by atoms with van der Waals surface area (Å²) in [5.41, 5.74) is 8.86. The quantitative estimate of drug-likeness (QED) is 0.779. The van der Waals surface area contributed by atoms with Crippen LogP contribution in [0.5, 0.6) is 0 Å². The topological polar surface area (TPSA) is 101 Å². The maximum Gasteiger partial charge on any atom is 0.241 e. The molecule has 1 atom stereocenters. The number of rotatable bonds is 5. The second-order valence-electron chi connectivity index (χ2n) is 5.11. The molecule has 0 aliphatic carbocycles. The first kappa shape index (κ1) is 15.7. The van der Waals surface area contributed by atoms with Crippen molar-refractivity contribution in [2.24, 2.45) is 5.73 Å². The van der Waals surface area contributed by atoms with E-state index >= 15 is 0 Å². The molecule has 4 N–H and O–H groups in total. The van der Waals surface area contributed by atoms with Crippen molar-refractivity contribution in [1.29, 1.82) is 0 Å². The van der Waals surface area contributed by atoms with E-state index < -0.39 is 10.0 Å². The molecule has 6 nitrogen and oxygen atoms in total. The van der Waals surface area contributed by atoms with Crippen molar-refractivity contribution in [2.45, 2.75) is 38.3 Å². The predicted molar refractivity (Wildman–Crippen MR) is 81.1 cm³/mol. The third kappa shape index (κ3) is 3.31. The van der Waals surface area contributed by atoms with Crippen molar-refractivity contribution in [2.75, 3.05) is 0 Å². The van der Waals surface area contributed by atoms with Gasteiger partial charge in [0.1, 0.15) is 0 Å². The Labute approximate surface area is 124 Å². The van der Waals surface area contributed by atoms with Crippen molar-refractivity contribution < 1.29 is 8.42 Å². The SMILES string of the molecule is Cc1cc(CN)cc(S(=O)(=O)NC(C)c2cn[nH]c2)c1C. The highest BCUT2D eigenvalue weighted by molar-refractivity contribution is 7.89. The third-order valence-corrected chi connectivity index (χ3v) is 5.22. The average Bonchev–Trinajstić information content (AvgIpc) is 2.95. The zero-order valence-corrected chi connectivity index (χ0v) is 13.2. The van der Waals surface area contributed by atoms with Crippen LogP contribution in [0.2, 0.25) is 0 Å². The smallest absolute Gasteiger partial charge is 0.241 e. The molecule has 0 bridgehead atoms. The van der Waals surface area contributed by atoms with E-state index in [9.17, 15) is 8.42 Å². The molecule has 7 heteroatoms. The van der Waals surface area contributed by atoms with Gasteiger partial charge in [0, 0.05) is 24.3 Å². The van der Waals surface area contributed by atoms with Crippen molar-refractivity contribution in [3.05, 3.63) is 46.8 Å². The van der Waals surface area contributed by atoms with Crippen LogP contribution < -0.4 is 10.5 Å². The lowest BCUT2D eigenvalue weighted by Gasteiger charge is -2.16. The summed E-state index contributed by atoms with van der Waals surface area (Å²) < 4.78 is 27.9. The highest BCUT2D eigenvalue weighted by atomic mass is 32.2. The van der Waals surface area contributed by atoms with E-state index in [1.165, 1.54) is 0 Å². The molecule has 0 aliphatic heterocycles. The summed E-state index contributed by atoms with van der Waals surface area (Å²) in [4.78, 5) is 0.276. The van der Waals surface area contributed by atoms with Crippen LogP contribution in [0.1, 0.15) is 35.2 Å². The Hall–Kier alpha value is -1.70. The number of nitrogens with zero attached hydrogens (tertiary/aromatic N) is 1. The van der Waals surface area contributed by atoms with E-state index in [0.717, 1.165) is 22.3 Å². The number of aromatic nitrogens is 2. The molecule has 0 spiro atoms. The number of H-pyrrole nitrogens is 1. The minimum Gasteiger partial charge on any atom is -0.326 e. The number of aryl methyl sites for hydroxylation is 1. The molecule has 0 saturated heterocycles. The minimum absolute atomic E-state index is 0.276. The van der Waals surface area contributed by atoms with E-state index in [2.05, 4.69) is 14.9 Å². The summed E-state index contributed by atoms with van der Waals surface area (Å²) in [5, 5.41) is 6.50. The summed E-state index contributed by atoms with van der Waals surface area (Å²) in [5.74, 6) is 0. The van der Waals surface area contributed by atoms with Crippen molar-refractivity contribution in [1.82, 2.24) is 14.9 Å². The van der Waals surface area contributed by atoms with Crippen LogP contribution in [0.25, 0.3) is 0 Å². The van der Waals surface area contributed by atoms with Gasteiger partial charge in [0.2, 0.25) is 10.0 Å². The Morgan fingerprint density at radius 3 is 2.67 bits per heavy atom. The second-order valence-corrected chi connectivity index (χ2v) is 6.80. The molecule has 21 heavy (non-hydrogen) atoms. The Bertz CT molecular complexity index is 724. The molecular weight excluding hydrogens is 288 g/mol. The Balaban J connectivity index is 2.38. The lowest BCUT2D eigenvalue weighted by molar-refractivity contribution is 0.566. The number of aromatic amines is 1. The summed E-state index contributed by atoms with van der Waals surface area (Å²) in [6.07, 6.45) is 3.27. The van der Waals surface area contributed by atoms with Gasteiger partial charge in [-0.1, -0.05) is 6.07 Å². The maximum atomic E-state index is 12.6. The molecular formula is C14H20N4O2S. The van der Waals surface area contributed by atoms with Crippen molar-refractivity contribution >= 4 is 10.0 Å². The summed E-state index contributed by atoms with van der Waals surface area (Å²) >= 11 is 0. The molecule has 0 radical (unpaired) electrons. The summed E-state index contributed by atoms with van der Waals surface area (Å²) in [6.45, 7) is 5.76. The zero-order valence-electron chi connectivity index (χ0n) is 12.3. The molecule has 1 heterocycles. The molecule has 0 amide bonds. The number of nitrogens with one attached hydrogen (secondary N) is 2. The van der Waals surface area contributed by atoms with Gasteiger partial charge < -0.3 is 5.73 Å². The van der Waals surface area contributed by atoms with Crippen LogP contribution >= 0.6 is 0 Å². The van der Waals surface area contributed by atoms with Gasteiger partial charge in [0.15, 0.2) is 0 Å². The van der Waals surface area contributed by atoms with E-state index in [1.807, 2.05) is 13.0 Å². The number of nitrogens with two attached hydrogens (primary N) is 1. The summed E-state index contributed by atoms with van der Waals surface area (Å²) in [6, 6.07) is 3.18. The van der Waals surface area contributed by atoms with Crippen LogP contribution in [-0.2, 0) is 16.6 Å². The number of benzene rings is 1. The molecule has 0 aliphatic rings.